The first-order valence-electron chi connectivity index (χ1n) is 7.30. The monoisotopic (exact) mass is 308 g/mol. The molecule has 21 heavy (non-hydrogen) atoms. The van der Waals surface area contributed by atoms with Gasteiger partial charge in [0.1, 0.15) is 5.82 Å². The van der Waals surface area contributed by atoms with E-state index in [2.05, 4.69) is 4.98 Å². The van der Waals surface area contributed by atoms with Crippen LogP contribution in [0, 0.1) is 5.92 Å². The van der Waals surface area contributed by atoms with E-state index < -0.39 is 9.84 Å². The second-order valence-corrected chi connectivity index (χ2v) is 8.75. The van der Waals surface area contributed by atoms with Crippen molar-refractivity contribution in [2.24, 2.45) is 5.92 Å². The molecule has 0 radical (unpaired) electrons. The van der Waals surface area contributed by atoms with Crippen molar-refractivity contribution in [3.8, 4) is 0 Å². The van der Waals surface area contributed by atoms with Crippen LogP contribution >= 0.6 is 0 Å². The predicted octanol–water partition coefficient (Wildman–Crippen LogP) is 1.69. The summed E-state index contributed by atoms with van der Waals surface area (Å²) in [5.74, 6) is 0.676. The van der Waals surface area contributed by atoms with Crippen LogP contribution in [0.15, 0.2) is 18.3 Å². The molecule has 0 aromatic carbocycles. The maximum Gasteiger partial charge on any atom is 0.167 e. The van der Waals surface area contributed by atoms with Gasteiger partial charge in [0.2, 0.25) is 0 Å². The molecule has 2 bridgehead atoms. The molecule has 2 atom stereocenters. The van der Waals surface area contributed by atoms with Gasteiger partial charge >= 0.3 is 0 Å². The summed E-state index contributed by atoms with van der Waals surface area (Å²) in [5.41, 5.74) is 0.587. The first kappa shape index (κ1) is 14.5. The second kappa shape index (κ2) is 5.09. The Morgan fingerprint density at radius 1 is 1.19 bits per heavy atom. The molecule has 5 nitrogen and oxygen atoms in total. The summed E-state index contributed by atoms with van der Waals surface area (Å²) in [6.45, 7) is 0. The highest BCUT2D eigenvalue weighted by molar-refractivity contribution is 7.93. The standard InChI is InChI=1S/C15H20N2O3S/c1-17(2)14-6-3-10(9-16-14)15(18)11-7-12-4-5-13(8-11)21(12,19)20/h3,6,9,11-13H,4-5,7-8H2,1-2H3. The lowest BCUT2D eigenvalue weighted by molar-refractivity contribution is 0.0905. The van der Waals surface area contributed by atoms with Gasteiger partial charge in [0.15, 0.2) is 15.6 Å². The molecule has 2 aliphatic heterocycles. The van der Waals surface area contributed by atoms with Crippen molar-refractivity contribution in [2.75, 3.05) is 19.0 Å². The SMILES string of the molecule is CN(C)c1ccc(C(=O)C2CC3CCC(C2)S3(=O)=O)cn1. The summed E-state index contributed by atoms with van der Waals surface area (Å²) in [5, 5.41) is -0.613. The van der Waals surface area contributed by atoms with Crippen LogP contribution in [-0.2, 0) is 9.84 Å². The fourth-order valence-electron chi connectivity index (χ4n) is 3.45. The molecule has 6 heteroatoms. The van der Waals surface area contributed by atoms with Gasteiger partial charge in [-0.15, -0.1) is 0 Å². The smallest absolute Gasteiger partial charge is 0.167 e. The van der Waals surface area contributed by atoms with Gasteiger partial charge < -0.3 is 4.90 Å². The van der Waals surface area contributed by atoms with Crippen LogP contribution in [0.1, 0.15) is 36.0 Å². The van der Waals surface area contributed by atoms with Crippen molar-refractivity contribution in [2.45, 2.75) is 36.2 Å². The van der Waals surface area contributed by atoms with E-state index >= 15 is 0 Å². The summed E-state index contributed by atoms with van der Waals surface area (Å²) in [7, 11) is 0.823. The summed E-state index contributed by atoms with van der Waals surface area (Å²) in [6, 6.07) is 3.61. The number of pyridine rings is 1. The van der Waals surface area contributed by atoms with E-state index in [4.69, 9.17) is 0 Å². The maximum absolute atomic E-state index is 12.6. The molecule has 3 rings (SSSR count). The quantitative estimate of drug-likeness (QED) is 0.795. The summed E-state index contributed by atoms with van der Waals surface area (Å²) in [6.07, 6.45) is 3.99. The first-order chi connectivity index (χ1) is 9.89. The van der Waals surface area contributed by atoms with Gasteiger partial charge in [-0.3, -0.25) is 4.79 Å². The third-order valence-corrected chi connectivity index (χ3v) is 7.41. The fraction of sp³-hybridized carbons (Fsp3) is 0.600. The third kappa shape index (κ3) is 2.46. The average molecular weight is 308 g/mol. The van der Waals surface area contributed by atoms with Crippen molar-refractivity contribution < 1.29 is 13.2 Å². The van der Waals surface area contributed by atoms with Crippen LogP contribution in [0.2, 0.25) is 0 Å². The number of sulfone groups is 1. The molecule has 2 aliphatic rings. The Kier molecular flexibility index (Phi) is 3.51. The second-order valence-electron chi connectivity index (χ2n) is 6.24. The third-order valence-electron chi connectivity index (χ3n) is 4.70. The van der Waals surface area contributed by atoms with Gasteiger partial charge in [-0.1, -0.05) is 0 Å². The Labute approximate surface area is 125 Å². The number of hydrogen-bond donors (Lipinski definition) is 0. The van der Waals surface area contributed by atoms with E-state index in [9.17, 15) is 13.2 Å². The van der Waals surface area contributed by atoms with E-state index in [0.717, 1.165) is 5.82 Å². The zero-order valence-electron chi connectivity index (χ0n) is 12.3. The summed E-state index contributed by atoms with van der Waals surface area (Å²) >= 11 is 0. The number of Topliss-reactive ketones (excluding diaryl/α,β-unsaturated/α-hetero) is 1. The molecule has 114 valence electrons. The predicted molar refractivity (Wildman–Crippen MR) is 81.3 cm³/mol. The highest BCUT2D eigenvalue weighted by Crippen LogP contribution is 2.42. The molecule has 2 fully saturated rings. The fourth-order valence-corrected chi connectivity index (χ4v) is 5.93. The molecule has 0 aliphatic carbocycles. The van der Waals surface area contributed by atoms with Crippen molar-refractivity contribution >= 4 is 21.4 Å². The Hall–Kier alpha value is -1.43. The lowest BCUT2D eigenvalue weighted by atomic mass is 9.91. The van der Waals surface area contributed by atoms with Gasteiger partial charge in [0.25, 0.3) is 0 Å². The zero-order chi connectivity index (χ0) is 15.2. The molecule has 0 saturated carbocycles. The number of rotatable bonds is 3. The molecular formula is C15H20N2O3S. The minimum atomic E-state index is -2.97. The highest BCUT2D eigenvalue weighted by atomic mass is 32.2. The van der Waals surface area contributed by atoms with Crippen molar-refractivity contribution in [1.82, 2.24) is 4.98 Å². The molecule has 3 heterocycles. The minimum Gasteiger partial charge on any atom is -0.363 e. The van der Waals surface area contributed by atoms with E-state index in [0.29, 0.717) is 31.2 Å². The molecule has 0 amide bonds. The molecule has 0 spiro atoms. The topological polar surface area (TPSA) is 67.3 Å². The van der Waals surface area contributed by atoms with Crippen LogP contribution in [0.5, 0.6) is 0 Å². The highest BCUT2D eigenvalue weighted by Gasteiger charge is 2.48. The Bertz CT molecular complexity index is 632. The number of carbonyl (C=O) groups is 1. The van der Waals surface area contributed by atoms with Crippen molar-refractivity contribution in [3.63, 3.8) is 0 Å². The minimum absolute atomic E-state index is 0.0413. The van der Waals surface area contributed by atoms with E-state index in [-0.39, 0.29) is 22.2 Å². The molecule has 1 aromatic rings. The van der Waals surface area contributed by atoms with Crippen LogP contribution in [0.3, 0.4) is 0 Å². The van der Waals surface area contributed by atoms with Crippen LogP contribution in [-0.4, -0.2) is 43.8 Å². The Morgan fingerprint density at radius 2 is 1.81 bits per heavy atom. The zero-order valence-corrected chi connectivity index (χ0v) is 13.1. The molecule has 1 aromatic heterocycles. The number of fused-ring (bicyclic) bond motifs is 2. The first-order valence-corrected chi connectivity index (χ1v) is 8.91. The van der Waals surface area contributed by atoms with Gasteiger partial charge in [-0.25, -0.2) is 13.4 Å². The largest absolute Gasteiger partial charge is 0.363 e. The van der Waals surface area contributed by atoms with Crippen molar-refractivity contribution in [1.29, 1.82) is 0 Å². The lowest BCUT2D eigenvalue weighted by Gasteiger charge is -2.27. The lowest BCUT2D eigenvalue weighted by Crippen LogP contribution is -2.36. The summed E-state index contributed by atoms with van der Waals surface area (Å²) in [4.78, 5) is 18.7. The number of anilines is 1. The van der Waals surface area contributed by atoms with Crippen LogP contribution < -0.4 is 4.90 Å². The number of aromatic nitrogens is 1. The Morgan fingerprint density at radius 3 is 2.29 bits per heavy atom. The normalized spacial score (nSPS) is 30.1. The van der Waals surface area contributed by atoms with Crippen LogP contribution in [0.4, 0.5) is 5.82 Å². The number of ketones is 1. The van der Waals surface area contributed by atoms with E-state index in [1.807, 2.05) is 25.1 Å². The average Bonchev–Trinajstić information content (AvgIpc) is 2.66. The van der Waals surface area contributed by atoms with Gasteiger partial charge in [-0.2, -0.15) is 0 Å². The van der Waals surface area contributed by atoms with E-state index in [1.165, 1.54) is 0 Å². The van der Waals surface area contributed by atoms with Crippen LogP contribution in [0.25, 0.3) is 0 Å². The van der Waals surface area contributed by atoms with Gasteiger partial charge in [0, 0.05) is 31.8 Å². The molecule has 2 saturated heterocycles. The Balaban J connectivity index is 1.78. The number of carbonyl (C=O) groups excluding carboxylic acids is 1. The number of hydrogen-bond acceptors (Lipinski definition) is 5. The van der Waals surface area contributed by atoms with Gasteiger partial charge in [-0.05, 0) is 37.8 Å². The molecule has 0 N–H and O–H groups in total. The molecule has 2 unspecified atom stereocenters. The maximum atomic E-state index is 12.6. The number of nitrogens with zero attached hydrogens (tertiary/aromatic N) is 2. The molecular weight excluding hydrogens is 288 g/mol. The summed E-state index contributed by atoms with van der Waals surface area (Å²) < 4.78 is 24.1. The van der Waals surface area contributed by atoms with E-state index in [1.54, 1.807) is 12.3 Å². The van der Waals surface area contributed by atoms with Crippen molar-refractivity contribution in [3.05, 3.63) is 23.9 Å². The van der Waals surface area contributed by atoms with Gasteiger partial charge in [0.05, 0.1) is 10.5 Å².